The summed E-state index contributed by atoms with van der Waals surface area (Å²) < 4.78 is 0. The summed E-state index contributed by atoms with van der Waals surface area (Å²) in [6.45, 7) is 9.01. The molecule has 0 bridgehead atoms. The summed E-state index contributed by atoms with van der Waals surface area (Å²) in [5, 5.41) is 0. The van der Waals surface area contributed by atoms with Gasteiger partial charge in [-0.1, -0.05) is 24.3 Å². The van der Waals surface area contributed by atoms with E-state index >= 15 is 0 Å². The SMILES string of the molecule is C=CC[NH+](C)c1ccc(C)cc1C. The molecule has 0 aliphatic heterocycles. The average molecular weight is 176 g/mol. The van der Waals surface area contributed by atoms with Crippen LogP contribution in [0.4, 0.5) is 5.69 Å². The first-order valence-corrected chi connectivity index (χ1v) is 4.66. The van der Waals surface area contributed by atoms with Gasteiger partial charge >= 0.3 is 0 Å². The van der Waals surface area contributed by atoms with Gasteiger partial charge < -0.3 is 4.90 Å². The van der Waals surface area contributed by atoms with Crippen LogP contribution in [0.1, 0.15) is 11.1 Å². The zero-order valence-corrected chi connectivity index (χ0v) is 8.72. The van der Waals surface area contributed by atoms with Crippen LogP contribution in [0.3, 0.4) is 0 Å². The molecule has 1 heteroatoms. The quantitative estimate of drug-likeness (QED) is 0.668. The van der Waals surface area contributed by atoms with Gasteiger partial charge in [-0.05, 0) is 26.0 Å². The highest BCUT2D eigenvalue weighted by Gasteiger charge is 2.07. The van der Waals surface area contributed by atoms with Crippen molar-refractivity contribution in [2.24, 2.45) is 0 Å². The third kappa shape index (κ3) is 2.43. The van der Waals surface area contributed by atoms with E-state index in [4.69, 9.17) is 0 Å². The zero-order valence-electron chi connectivity index (χ0n) is 8.72. The normalized spacial score (nSPS) is 12.5. The number of likely N-dealkylation sites (N-methyl/N-ethyl adjacent to an activating group) is 1. The molecule has 1 atom stereocenters. The van der Waals surface area contributed by atoms with Crippen LogP contribution in [-0.4, -0.2) is 13.6 Å². The van der Waals surface area contributed by atoms with Crippen LogP contribution < -0.4 is 4.90 Å². The summed E-state index contributed by atoms with van der Waals surface area (Å²) in [6.07, 6.45) is 1.95. The molecule has 0 fully saturated rings. The Morgan fingerprint density at radius 3 is 2.62 bits per heavy atom. The first-order chi connectivity index (χ1) is 6.15. The highest BCUT2D eigenvalue weighted by Crippen LogP contribution is 2.11. The van der Waals surface area contributed by atoms with Crippen LogP contribution in [0, 0.1) is 13.8 Å². The molecule has 1 nitrogen and oxygen atoms in total. The van der Waals surface area contributed by atoms with E-state index in [-0.39, 0.29) is 0 Å². The van der Waals surface area contributed by atoms with Crippen molar-refractivity contribution >= 4 is 5.69 Å². The molecule has 13 heavy (non-hydrogen) atoms. The lowest BCUT2D eigenvalue weighted by molar-refractivity contribution is -0.803. The van der Waals surface area contributed by atoms with Crippen LogP contribution in [-0.2, 0) is 0 Å². The molecule has 0 aliphatic carbocycles. The van der Waals surface area contributed by atoms with Crippen LogP contribution in [0.5, 0.6) is 0 Å². The maximum atomic E-state index is 3.75. The molecule has 0 saturated heterocycles. The van der Waals surface area contributed by atoms with Gasteiger partial charge in [-0.25, -0.2) is 0 Å². The minimum atomic E-state index is 0.976. The zero-order chi connectivity index (χ0) is 9.84. The van der Waals surface area contributed by atoms with Crippen molar-refractivity contribution in [2.45, 2.75) is 13.8 Å². The van der Waals surface area contributed by atoms with E-state index in [1.165, 1.54) is 21.7 Å². The van der Waals surface area contributed by atoms with Crippen molar-refractivity contribution in [3.8, 4) is 0 Å². The fraction of sp³-hybridized carbons (Fsp3) is 0.333. The Balaban J connectivity index is 2.94. The monoisotopic (exact) mass is 176 g/mol. The fourth-order valence-electron chi connectivity index (χ4n) is 1.62. The smallest absolute Gasteiger partial charge is 0.134 e. The number of aryl methyl sites for hydroxylation is 2. The lowest BCUT2D eigenvalue weighted by atomic mass is 10.1. The maximum absolute atomic E-state index is 3.75. The molecule has 0 amide bonds. The molecular formula is C12H18N+. The summed E-state index contributed by atoms with van der Waals surface area (Å²) in [5.41, 5.74) is 4.05. The second-order valence-electron chi connectivity index (χ2n) is 3.59. The Kier molecular flexibility index (Phi) is 3.26. The van der Waals surface area contributed by atoms with E-state index in [0.717, 1.165) is 6.54 Å². The number of nitrogens with one attached hydrogen (secondary N) is 1. The Morgan fingerprint density at radius 1 is 1.38 bits per heavy atom. The molecule has 0 saturated carbocycles. The Hall–Kier alpha value is -1.08. The maximum Gasteiger partial charge on any atom is 0.134 e. The van der Waals surface area contributed by atoms with E-state index in [9.17, 15) is 0 Å². The van der Waals surface area contributed by atoms with E-state index in [1.54, 1.807) is 0 Å². The van der Waals surface area contributed by atoms with Crippen molar-refractivity contribution < 1.29 is 4.90 Å². The predicted octanol–water partition coefficient (Wildman–Crippen LogP) is 1.64. The third-order valence-corrected chi connectivity index (χ3v) is 2.29. The molecule has 1 rings (SSSR count). The summed E-state index contributed by atoms with van der Waals surface area (Å²) in [4.78, 5) is 1.40. The molecule has 1 aromatic carbocycles. The third-order valence-electron chi connectivity index (χ3n) is 2.29. The molecule has 1 aromatic rings. The second kappa shape index (κ2) is 4.24. The van der Waals surface area contributed by atoms with E-state index in [0.29, 0.717) is 0 Å². The van der Waals surface area contributed by atoms with Crippen molar-refractivity contribution in [3.63, 3.8) is 0 Å². The highest BCUT2D eigenvalue weighted by atomic mass is 15.1. The van der Waals surface area contributed by atoms with E-state index < -0.39 is 0 Å². The number of rotatable bonds is 3. The summed E-state index contributed by atoms with van der Waals surface area (Å²) >= 11 is 0. The lowest BCUT2D eigenvalue weighted by Crippen LogP contribution is -3.03. The molecule has 1 N–H and O–H groups in total. The van der Waals surface area contributed by atoms with Gasteiger partial charge in [0.2, 0.25) is 0 Å². The molecule has 1 unspecified atom stereocenters. The lowest BCUT2D eigenvalue weighted by Gasteiger charge is -2.13. The van der Waals surface area contributed by atoms with Crippen LogP contribution in [0.15, 0.2) is 30.9 Å². The van der Waals surface area contributed by atoms with Crippen LogP contribution in [0.25, 0.3) is 0 Å². The van der Waals surface area contributed by atoms with Gasteiger partial charge in [0.15, 0.2) is 0 Å². The van der Waals surface area contributed by atoms with E-state index in [1.807, 2.05) is 6.08 Å². The molecule has 0 heterocycles. The van der Waals surface area contributed by atoms with Gasteiger partial charge in [0, 0.05) is 5.56 Å². The summed E-state index contributed by atoms with van der Waals surface area (Å²) in [6, 6.07) is 6.58. The van der Waals surface area contributed by atoms with Crippen molar-refractivity contribution in [3.05, 3.63) is 42.0 Å². The average Bonchev–Trinajstić information content (AvgIpc) is 2.04. The largest absolute Gasteiger partial charge is 0.301 e. The standard InChI is InChI=1S/C12H17N/c1-5-8-13(4)12-7-6-10(2)9-11(12)3/h5-7,9H,1,8H2,2-4H3/p+1. The minimum Gasteiger partial charge on any atom is -0.301 e. The second-order valence-corrected chi connectivity index (χ2v) is 3.59. The predicted molar refractivity (Wildman–Crippen MR) is 57.5 cm³/mol. The minimum absolute atomic E-state index is 0.976. The van der Waals surface area contributed by atoms with Gasteiger partial charge in [-0.15, -0.1) is 0 Å². The molecule has 0 spiro atoms. The summed E-state index contributed by atoms with van der Waals surface area (Å²) in [7, 11) is 2.17. The van der Waals surface area contributed by atoms with Gasteiger partial charge in [0.05, 0.1) is 13.6 Å². The van der Waals surface area contributed by atoms with Gasteiger partial charge in [0.1, 0.15) is 5.69 Å². The fourth-order valence-corrected chi connectivity index (χ4v) is 1.62. The van der Waals surface area contributed by atoms with E-state index in [2.05, 4.69) is 45.7 Å². The van der Waals surface area contributed by atoms with Crippen LogP contribution >= 0.6 is 0 Å². The van der Waals surface area contributed by atoms with Gasteiger partial charge in [-0.2, -0.15) is 0 Å². The number of hydrogen-bond donors (Lipinski definition) is 1. The topological polar surface area (TPSA) is 4.44 Å². The summed E-state index contributed by atoms with van der Waals surface area (Å²) in [5.74, 6) is 0. The van der Waals surface area contributed by atoms with Gasteiger partial charge in [0.25, 0.3) is 0 Å². The van der Waals surface area contributed by atoms with Crippen molar-refractivity contribution in [1.29, 1.82) is 0 Å². The van der Waals surface area contributed by atoms with Gasteiger partial charge in [-0.3, -0.25) is 0 Å². The Morgan fingerprint density at radius 2 is 2.08 bits per heavy atom. The first kappa shape index (κ1) is 10.0. The first-order valence-electron chi connectivity index (χ1n) is 4.66. The Labute approximate surface area is 80.7 Å². The van der Waals surface area contributed by atoms with Crippen molar-refractivity contribution in [2.75, 3.05) is 13.6 Å². The number of quaternary nitrogens is 1. The molecule has 0 radical (unpaired) electrons. The molecule has 70 valence electrons. The molecule has 0 aliphatic rings. The molecule has 0 aromatic heterocycles. The Bertz CT molecular complexity index is 302. The van der Waals surface area contributed by atoms with Crippen molar-refractivity contribution in [1.82, 2.24) is 0 Å². The number of hydrogen-bond acceptors (Lipinski definition) is 0. The highest BCUT2D eigenvalue weighted by molar-refractivity contribution is 5.41. The molecular weight excluding hydrogens is 158 g/mol. The number of benzene rings is 1. The van der Waals surface area contributed by atoms with Crippen LogP contribution in [0.2, 0.25) is 0 Å².